The van der Waals surface area contributed by atoms with Crippen molar-refractivity contribution in [1.29, 1.82) is 0 Å². The molecule has 1 aromatic carbocycles. The highest BCUT2D eigenvalue weighted by Gasteiger charge is 2.45. The number of fused-ring (bicyclic) bond motifs is 4. The first-order valence-electron chi connectivity index (χ1n) is 9.34. The second-order valence-electron chi connectivity index (χ2n) is 7.60. The summed E-state index contributed by atoms with van der Waals surface area (Å²) >= 11 is 0. The zero-order valence-corrected chi connectivity index (χ0v) is 15.1. The van der Waals surface area contributed by atoms with E-state index in [1.54, 1.807) is 10.8 Å². The van der Waals surface area contributed by atoms with Crippen molar-refractivity contribution < 1.29 is 10.6 Å². The molecule has 0 unspecified atom stereocenters. The number of hydrogen-bond donors (Lipinski definition) is 1. The molecule has 3 aliphatic rings. The average Bonchev–Trinajstić information content (AvgIpc) is 2.70. The van der Waals surface area contributed by atoms with Crippen LogP contribution in [0.15, 0.2) is 53.5 Å². The number of quaternary nitrogens is 1. The van der Waals surface area contributed by atoms with Crippen LogP contribution in [0.3, 0.4) is 0 Å². The van der Waals surface area contributed by atoms with Crippen LogP contribution in [-0.4, -0.2) is 39.8 Å². The van der Waals surface area contributed by atoms with E-state index < -0.39 is 0 Å². The first kappa shape index (κ1) is 17.7. The summed E-state index contributed by atoms with van der Waals surface area (Å²) in [6.45, 7) is 2.82. The Bertz CT molecular complexity index is 1020. The molecule has 3 aliphatic heterocycles. The molecule has 0 saturated carbocycles. The van der Waals surface area contributed by atoms with Crippen LogP contribution in [0.1, 0.15) is 19.3 Å². The Morgan fingerprint density at radius 2 is 1.67 bits per heavy atom. The van der Waals surface area contributed by atoms with Crippen LogP contribution in [0.25, 0.3) is 16.7 Å². The number of hydrogen-bond acceptors (Lipinski definition) is 4. The molecule has 140 valence electrons. The van der Waals surface area contributed by atoms with E-state index in [1.807, 2.05) is 42.5 Å². The van der Waals surface area contributed by atoms with Crippen molar-refractivity contribution in [2.75, 3.05) is 19.6 Å². The molecule has 2 aromatic heterocycles. The van der Waals surface area contributed by atoms with Crippen LogP contribution >= 0.6 is 0 Å². The Morgan fingerprint density at radius 1 is 1.00 bits per heavy atom. The fraction of sp³-hybridized carbons (Fsp3) is 0.333. The molecule has 0 spiro atoms. The normalized spacial score (nSPS) is 23.9. The first-order chi connectivity index (χ1) is 12.7. The minimum Gasteiger partial charge on any atom is -0.870 e. The van der Waals surface area contributed by atoms with Crippen LogP contribution < -0.4 is 10.0 Å². The molecule has 6 rings (SSSR count). The minimum atomic E-state index is -0.139. The van der Waals surface area contributed by atoms with Crippen LogP contribution in [0, 0.1) is 5.92 Å². The molecule has 0 radical (unpaired) electrons. The molecule has 3 fully saturated rings. The molecule has 3 aromatic rings. The van der Waals surface area contributed by atoms with Crippen molar-refractivity contribution >= 4 is 16.7 Å². The Morgan fingerprint density at radius 3 is 2.33 bits per heavy atom. The van der Waals surface area contributed by atoms with Gasteiger partial charge in [-0.05, 0) is 30.2 Å². The maximum atomic E-state index is 13.6. The summed E-state index contributed by atoms with van der Waals surface area (Å²) in [5.74, 6) is 0.904. The highest BCUT2D eigenvalue weighted by atomic mass is 16.3. The molecular formula is C21H23N3O3. The third-order valence-electron chi connectivity index (χ3n) is 6.27. The maximum absolute atomic E-state index is 13.6. The zero-order chi connectivity index (χ0) is 17.7. The van der Waals surface area contributed by atoms with Crippen LogP contribution in [0.5, 0.6) is 5.75 Å². The summed E-state index contributed by atoms with van der Waals surface area (Å²) in [6.07, 6.45) is 5.07. The number of nitrogens with zero attached hydrogens (tertiary/aromatic N) is 3. The third kappa shape index (κ3) is 2.56. The lowest BCUT2D eigenvalue weighted by Gasteiger charge is -2.48. The van der Waals surface area contributed by atoms with E-state index in [4.69, 9.17) is 0 Å². The number of aromatic hydroxyl groups is 1. The molecule has 2 bridgehead atoms. The summed E-state index contributed by atoms with van der Waals surface area (Å²) in [4.78, 5) is 18.1. The average molecular weight is 365 g/mol. The van der Waals surface area contributed by atoms with Crippen LogP contribution in [0.4, 0.5) is 5.69 Å². The molecule has 5 heterocycles. The smallest absolute Gasteiger partial charge is 0.322 e. The van der Waals surface area contributed by atoms with Gasteiger partial charge in [-0.1, -0.05) is 18.2 Å². The number of piperidine rings is 3. The molecule has 3 saturated heterocycles. The van der Waals surface area contributed by atoms with E-state index in [-0.39, 0.29) is 16.8 Å². The SMILES string of the molecule is O=c1c([N+]23CCC(CC2)CC3)c(O)c2cccnc2n1-c1ccccc1.[OH-]. The Kier molecular flexibility index (Phi) is 4.25. The number of rotatable bonds is 2. The molecule has 0 atom stereocenters. The van der Waals surface area contributed by atoms with Crippen molar-refractivity contribution in [3.63, 3.8) is 0 Å². The zero-order valence-electron chi connectivity index (χ0n) is 15.1. The van der Waals surface area contributed by atoms with Crippen molar-refractivity contribution in [1.82, 2.24) is 14.0 Å². The monoisotopic (exact) mass is 365 g/mol. The minimum absolute atomic E-state index is 0. The molecule has 27 heavy (non-hydrogen) atoms. The second kappa shape index (κ2) is 6.48. The van der Waals surface area contributed by atoms with E-state index in [1.165, 1.54) is 0 Å². The van der Waals surface area contributed by atoms with Gasteiger partial charge in [-0.15, -0.1) is 0 Å². The predicted octanol–water partition coefficient (Wildman–Crippen LogP) is 3.04. The highest BCUT2D eigenvalue weighted by molar-refractivity contribution is 5.88. The van der Waals surface area contributed by atoms with Gasteiger partial charge in [0, 0.05) is 25.5 Å². The Balaban J connectivity index is 0.00000180. The van der Waals surface area contributed by atoms with Crippen molar-refractivity contribution in [3.05, 3.63) is 59.0 Å². The quantitative estimate of drug-likeness (QED) is 0.708. The summed E-state index contributed by atoms with van der Waals surface area (Å²) in [5, 5.41) is 11.7. The Hall–Kier alpha value is -2.70. The summed E-state index contributed by atoms with van der Waals surface area (Å²) in [5.41, 5.74) is 1.70. The van der Waals surface area contributed by atoms with E-state index in [0.717, 1.165) is 50.5 Å². The number of benzene rings is 1. The topological polar surface area (TPSA) is 85.1 Å². The largest absolute Gasteiger partial charge is 0.870 e. The third-order valence-corrected chi connectivity index (χ3v) is 6.27. The lowest BCUT2D eigenvalue weighted by molar-refractivity contribution is 0.111. The fourth-order valence-corrected chi connectivity index (χ4v) is 4.83. The van der Waals surface area contributed by atoms with E-state index in [9.17, 15) is 9.90 Å². The van der Waals surface area contributed by atoms with Gasteiger partial charge in [0.05, 0.1) is 30.7 Å². The van der Waals surface area contributed by atoms with Gasteiger partial charge in [0.15, 0.2) is 11.4 Å². The first-order valence-corrected chi connectivity index (χ1v) is 9.34. The van der Waals surface area contributed by atoms with Crippen molar-refractivity contribution in [2.24, 2.45) is 5.92 Å². The fourth-order valence-electron chi connectivity index (χ4n) is 4.83. The standard InChI is InChI=1S/C21H21N3O2.H2O/c25-19-17-7-4-11-22-20(17)23(16-5-2-1-3-6-16)21(26)18(19)24-12-8-15(9-13-24)10-14-24;/h1-7,11,15H,8-10,12-14H2;1H2. The van der Waals surface area contributed by atoms with Gasteiger partial charge >= 0.3 is 5.56 Å². The molecular weight excluding hydrogens is 342 g/mol. The number of aromatic nitrogens is 2. The van der Waals surface area contributed by atoms with Crippen molar-refractivity contribution in [3.8, 4) is 11.4 Å². The van der Waals surface area contributed by atoms with Gasteiger partial charge in [-0.25, -0.2) is 4.98 Å². The molecule has 0 aliphatic carbocycles. The second-order valence-corrected chi connectivity index (χ2v) is 7.60. The molecule has 6 nitrogen and oxygen atoms in total. The predicted molar refractivity (Wildman–Crippen MR) is 105 cm³/mol. The van der Waals surface area contributed by atoms with Gasteiger partial charge < -0.3 is 10.6 Å². The van der Waals surface area contributed by atoms with Gasteiger partial charge in [0.1, 0.15) is 0 Å². The number of para-hydroxylation sites is 1. The summed E-state index contributed by atoms with van der Waals surface area (Å²) in [7, 11) is 0. The van der Waals surface area contributed by atoms with E-state index >= 15 is 0 Å². The molecule has 6 heteroatoms. The van der Waals surface area contributed by atoms with Crippen molar-refractivity contribution in [2.45, 2.75) is 19.3 Å². The Labute approximate surface area is 157 Å². The van der Waals surface area contributed by atoms with Gasteiger partial charge in [0.25, 0.3) is 0 Å². The molecule has 0 amide bonds. The summed E-state index contributed by atoms with van der Waals surface area (Å²) < 4.78 is 2.27. The number of pyridine rings is 2. The summed E-state index contributed by atoms with van der Waals surface area (Å²) in [6, 6.07) is 13.3. The van der Waals surface area contributed by atoms with Gasteiger partial charge in [0.2, 0.25) is 5.69 Å². The maximum Gasteiger partial charge on any atom is 0.322 e. The highest BCUT2D eigenvalue weighted by Crippen LogP contribution is 2.42. The van der Waals surface area contributed by atoms with Crippen LogP contribution in [0.2, 0.25) is 0 Å². The lowest BCUT2D eigenvalue weighted by Crippen LogP contribution is -2.61. The van der Waals surface area contributed by atoms with Crippen LogP contribution in [-0.2, 0) is 0 Å². The van der Waals surface area contributed by atoms with E-state index in [0.29, 0.717) is 21.2 Å². The molecule has 2 N–H and O–H groups in total. The lowest BCUT2D eigenvalue weighted by atomic mass is 9.85. The van der Waals surface area contributed by atoms with Gasteiger partial charge in [-0.2, -0.15) is 0 Å². The van der Waals surface area contributed by atoms with E-state index in [2.05, 4.69) is 4.98 Å². The van der Waals surface area contributed by atoms with Gasteiger partial charge in [-0.3, -0.25) is 13.8 Å².